The van der Waals surface area contributed by atoms with Gasteiger partial charge >= 0.3 is 0 Å². The lowest BCUT2D eigenvalue weighted by atomic mass is 9.95. The first-order valence-corrected chi connectivity index (χ1v) is 10.9. The second-order valence-electron chi connectivity index (χ2n) is 7.88. The van der Waals surface area contributed by atoms with Crippen LogP contribution in [-0.2, 0) is 19.0 Å². The molecular formula is C26H29P. The zero-order valence-corrected chi connectivity index (χ0v) is 17.9. The largest absolute Gasteiger partial charge is 0.108 e. The molecule has 0 radical (unpaired) electrons. The van der Waals surface area contributed by atoms with E-state index in [0.717, 1.165) is 19.0 Å². The van der Waals surface area contributed by atoms with E-state index >= 15 is 0 Å². The Labute approximate surface area is 166 Å². The van der Waals surface area contributed by atoms with Gasteiger partial charge < -0.3 is 0 Å². The van der Waals surface area contributed by atoms with E-state index in [2.05, 4.69) is 88.6 Å². The third-order valence-electron chi connectivity index (χ3n) is 4.79. The first kappa shape index (κ1) is 19.6. The predicted molar refractivity (Wildman–Crippen MR) is 122 cm³/mol. The molecule has 0 aliphatic carbocycles. The van der Waals surface area contributed by atoms with Gasteiger partial charge in [0.1, 0.15) is 0 Å². The van der Waals surface area contributed by atoms with Crippen LogP contribution in [0.2, 0.25) is 0 Å². The van der Waals surface area contributed by atoms with Gasteiger partial charge in [-0.2, -0.15) is 0 Å². The summed E-state index contributed by atoms with van der Waals surface area (Å²) in [7, 11) is 1.18. The van der Waals surface area contributed by atoms with Gasteiger partial charge in [-0.1, -0.05) is 83.2 Å². The molecule has 0 unspecified atom stereocenters. The molecule has 1 heteroatoms. The summed E-state index contributed by atoms with van der Waals surface area (Å²) in [4.78, 5) is 0. The Morgan fingerprint density at radius 3 is 1.30 bits per heavy atom. The Bertz CT molecular complexity index is 946. The number of benzene rings is 3. The Kier molecular flexibility index (Phi) is 6.30. The average Bonchev–Trinajstić information content (AvgIpc) is 2.52. The standard InChI is InChI=1S/C26H29P/c1-18-6-19(2)8-22(7-18)13-23-9-20(3)10-24(14-23)15-25-11-21(4)12-26(16-25)17-27-5/h6-12,14,16H,5,13,15,17H2,1-4H3. The summed E-state index contributed by atoms with van der Waals surface area (Å²) in [6, 6.07) is 20.8. The van der Waals surface area contributed by atoms with E-state index in [1.807, 2.05) is 0 Å². The second kappa shape index (κ2) is 8.68. The van der Waals surface area contributed by atoms with Gasteiger partial charge in [0.25, 0.3) is 0 Å². The molecule has 0 saturated carbocycles. The quantitative estimate of drug-likeness (QED) is 0.409. The van der Waals surface area contributed by atoms with Crippen molar-refractivity contribution in [2.75, 3.05) is 0 Å². The van der Waals surface area contributed by atoms with Crippen LogP contribution in [0, 0.1) is 27.7 Å². The highest BCUT2D eigenvalue weighted by Crippen LogP contribution is 2.21. The van der Waals surface area contributed by atoms with Crippen LogP contribution in [0.3, 0.4) is 0 Å². The van der Waals surface area contributed by atoms with Crippen LogP contribution in [0.15, 0.2) is 54.6 Å². The third kappa shape index (κ3) is 5.65. The van der Waals surface area contributed by atoms with Gasteiger partial charge in [0, 0.05) is 6.16 Å². The molecule has 3 aromatic rings. The molecule has 3 aromatic carbocycles. The van der Waals surface area contributed by atoms with Crippen LogP contribution in [0.1, 0.15) is 50.1 Å². The molecule has 0 fully saturated rings. The number of hydrogen-bond acceptors (Lipinski definition) is 0. The SMILES string of the molecule is C=PCc1cc(C)cc(Cc2cc(C)cc(Cc3cc(C)cc(C)c3)c2)c1. The summed E-state index contributed by atoms with van der Waals surface area (Å²) < 4.78 is 0. The number of aryl methyl sites for hydroxylation is 4. The highest BCUT2D eigenvalue weighted by molar-refractivity contribution is 7.35. The van der Waals surface area contributed by atoms with Crippen molar-refractivity contribution in [1.82, 2.24) is 0 Å². The van der Waals surface area contributed by atoms with Crippen molar-refractivity contribution in [3.8, 4) is 0 Å². The van der Waals surface area contributed by atoms with Crippen LogP contribution in [0.4, 0.5) is 0 Å². The first-order valence-electron chi connectivity index (χ1n) is 9.60. The molecule has 0 amide bonds. The van der Waals surface area contributed by atoms with Crippen molar-refractivity contribution in [1.29, 1.82) is 0 Å². The summed E-state index contributed by atoms with van der Waals surface area (Å²) in [5.74, 6) is 0. The van der Waals surface area contributed by atoms with Gasteiger partial charge in [0.05, 0.1) is 0 Å². The molecule has 0 nitrogen and oxygen atoms in total. The molecule has 0 bridgehead atoms. The zero-order valence-electron chi connectivity index (χ0n) is 17.0. The smallest absolute Gasteiger partial charge is 0.0140 e. The fourth-order valence-corrected chi connectivity index (χ4v) is 4.51. The minimum atomic E-state index is 0.990. The second-order valence-corrected chi connectivity index (χ2v) is 8.65. The monoisotopic (exact) mass is 372 g/mol. The van der Waals surface area contributed by atoms with Crippen LogP contribution in [-0.4, -0.2) is 6.30 Å². The van der Waals surface area contributed by atoms with Gasteiger partial charge in [-0.3, -0.25) is 0 Å². The number of hydrogen-bond donors (Lipinski definition) is 0. The molecule has 3 rings (SSSR count). The Morgan fingerprint density at radius 1 is 0.519 bits per heavy atom. The van der Waals surface area contributed by atoms with Gasteiger partial charge in [0.2, 0.25) is 0 Å². The van der Waals surface area contributed by atoms with Crippen molar-refractivity contribution in [3.05, 3.63) is 105 Å². The number of rotatable bonds is 6. The first-order chi connectivity index (χ1) is 12.9. The lowest BCUT2D eigenvalue weighted by Crippen LogP contribution is -1.96. The third-order valence-corrected chi connectivity index (χ3v) is 5.37. The minimum Gasteiger partial charge on any atom is -0.108 e. The molecule has 0 atom stereocenters. The topological polar surface area (TPSA) is 0 Å². The van der Waals surface area contributed by atoms with Crippen LogP contribution in [0.25, 0.3) is 0 Å². The van der Waals surface area contributed by atoms with E-state index in [-0.39, 0.29) is 0 Å². The maximum atomic E-state index is 3.97. The average molecular weight is 372 g/mol. The normalized spacial score (nSPS) is 11.1. The molecule has 0 aliphatic rings. The highest BCUT2D eigenvalue weighted by Gasteiger charge is 2.05. The van der Waals surface area contributed by atoms with Gasteiger partial charge in [-0.25, -0.2) is 0 Å². The summed E-state index contributed by atoms with van der Waals surface area (Å²) in [5.41, 5.74) is 12.4. The fourth-order valence-electron chi connectivity index (χ4n) is 4.07. The molecule has 0 saturated heterocycles. The van der Waals surface area contributed by atoms with Crippen LogP contribution >= 0.6 is 8.20 Å². The molecule has 138 valence electrons. The zero-order chi connectivity index (χ0) is 19.4. The minimum absolute atomic E-state index is 0.990. The Balaban J connectivity index is 1.86. The summed E-state index contributed by atoms with van der Waals surface area (Å²) in [5, 5.41) is 0. The fraction of sp³-hybridized carbons (Fsp3) is 0.269. The lowest BCUT2D eigenvalue weighted by Gasteiger charge is -2.11. The van der Waals surface area contributed by atoms with E-state index in [9.17, 15) is 0 Å². The summed E-state index contributed by atoms with van der Waals surface area (Å²) >= 11 is 0. The maximum absolute atomic E-state index is 3.97. The van der Waals surface area contributed by atoms with Crippen molar-refractivity contribution in [3.63, 3.8) is 0 Å². The summed E-state index contributed by atoms with van der Waals surface area (Å²) in [6.45, 7) is 8.75. The van der Waals surface area contributed by atoms with E-state index in [4.69, 9.17) is 0 Å². The van der Waals surface area contributed by atoms with E-state index in [1.54, 1.807) is 0 Å². The Hall–Kier alpha value is -2.17. The van der Waals surface area contributed by atoms with Gasteiger partial charge in [-0.15, -0.1) is 8.20 Å². The molecule has 0 aromatic heterocycles. The molecule has 0 heterocycles. The molecule has 0 N–H and O–H groups in total. The predicted octanol–water partition coefficient (Wildman–Crippen LogP) is 6.98. The van der Waals surface area contributed by atoms with E-state index in [1.165, 1.54) is 58.3 Å². The van der Waals surface area contributed by atoms with E-state index in [0.29, 0.717) is 0 Å². The molecule has 27 heavy (non-hydrogen) atoms. The van der Waals surface area contributed by atoms with Crippen molar-refractivity contribution >= 4 is 14.5 Å². The Morgan fingerprint density at radius 2 is 0.852 bits per heavy atom. The lowest BCUT2D eigenvalue weighted by molar-refractivity contribution is 1.11. The van der Waals surface area contributed by atoms with Crippen LogP contribution < -0.4 is 0 Å². The molecule has 0 spiro atoms. The molecule has 0 aliphatic heterocycles. The van der Waals surface area contributed by atoms with Crippen molar-refractivity contribution in [2.45, 2.75) is 46.7 Å². The molecular weight excluding hydrogens is 343 g/mol. The van der Waals surface area contributed by atoms with Crippen LogP contribution in [0.5, 0.6) is 0 Å². The van der Waals surface area contributed by atoms with Crippen molar-refractivity contribution < 1.29 is 0 Å². The van der Waals surface area contributed by atoms with Crippen molar-refractivity contribution in [2.24, 2.45) is 0 Å². The van der Waals surface area contributed by atoms with E-state index < -0.39 is 0 Å². The highest BCUT2D eigenvalue weighted by atomic mass is 31.1. The van der Waals surface area contributed by atoms with Gasteiger partial charge in [0.15, 0.2) is 0 Å². The van der Waals surface area contributed by atoms with Gasteiger partial charge in [-0.05, 0) is 68.4 Å². The maximum Gasteiger partial charge on any atom is 0.0140 e. The summed E-state index contributed by atoms with van der Waals surface area (Å²) in [6.07, 6.45) is 6.99.